The second-order valence-electron chi connectivity index (χ2n) is 6.59. The van der Waals surface area contributed by atoms with Crippen molar-refractivity contribution in [3.8, 4) is 0 Å². The summed E-state index contributed by atoms with van der Waals surface area (Å²) in [6, 6.07) is 25.2. The lowest BCUT2D eigenvalue weighted by atomic mass is 9.98. The van der Waals surface area contributed by atoms with E-state index in [0.29, 0.717) is 16.9 Å². The van der Waals surface area contributed by atoms with Crippen molar-refractivity contribution >= 4 is 29.5 Å². The van der Waals surface area contributed by atoms with Gasteiger partial charge in [0, 0.05) is 5.56 Å². The van der Waals surface area contributed by atoms with E-state index in [4.69, 9.17) is 0 Å². The van der Waals surface area contributed by atoms with Crippen LogP contribution in [0.5, 0.6) is 0 Å². The number of hydrogen-bond acceptors (Lipinski definition) is 3. The van der Waals surface area contributed by atoms with Crippen molar-refractivity contribution in [2.24, 2.45) is 5.92 Å². The number of carbonyl (C=O) groups is 3. The van der Waals surface area contributed by atoms with Crippen LogP contribution in [-0.4, -0.2) is 18.1 Å². The standard InChI is InChI=1S/C23H18N2O3.C2H6/c26-16-18-13-11-17(12-14-18)15-21-22(27)24(19-7-3-1-4-8-19)25(23(21)28)20-9-5-2-6-10-20;1-2/h1-14,16,21H,15H2;1-2H3. The van der Waals surface area contributed by atoms with Gasteiger partial charge in [0.1, 0.15) is 12.2 Å². The normalized spacial score (nSPS) is 13.8. The molecule has 0 aromatic heterocycles. The summed E-state index contributed by atoms with van der Waals surface area (Å²) in [6.45, 7) is 4.00. The van der Waals surface area contributed by atoms with Crippen molar-refractivity contribution in [3.05, 3.63) is 96.1 Å². The Morgan fingerprint density at radius 2 is 1.13 bits per heavy atom. The maximum atomic E-state index is 13.2. The van der Waals surface area contributed by atoms with Gasteiger partial charge in [-0.3, -0.25) is 14.4 Å². The van der Waals surface area contributed by atoms with E-state index < -0.39 is 5.92 Å². The van der Waals surface area contributed by atoms with Gasteiger partial charge in [0.25, 0.3) is 11.8 Å². The zero-order valence-electron chi connectivity index (χ0n) is 17.1. The monoisotopic (exact) mass is 400 g/mol. The molecule has 0 aliphatic carbocycles. The fourth-order valence-corrected chi connectivity index (χ4v) is 3.36. The quantitative estimate of drug-likeness (QED) is 0.462. The molecule has 1 aliphatic rings. The van der Waals surface area contributed by atoms with Crippen molar-refractivity contribution in [1.29, 1.82) is 0 Å². The van der Waals surface area contributed by atoms with Crippen molar-refractivity contribution in [3.63, 3.8) is 0 Å². The topological polar surface area (TPSA) is 57.7 Å². The highest BCUT2D eigenvalue weighted by molar-refractivity contribution is 6.23. The smallest absolute Gasteiger partial charge is 0.259 e. The Balaban J connectivity index is 0.00000124. The van der Waals surface area contributed by atoms with Crippen molar-refractivity contribution in [2.45, 2.75) is 20.3 Å². The van der Waals surface area contributed by atoms with E-state index >= 15 is 0 Å². The Morgan fingerprint density at radius 3 is 1.53 bits per heavy atom. The maximum Gasteiger partial charge on any atom is 0.259 e. The SMILES string of the molecule is CC.O=Cc1ccc(CC2C(=O)N(c3ccccc3)N(c3ccccc3)C2=O)cc1. The van der Waals surface area contributed by atoms with Gasteiger partial charge >= 0.3 is 0 Å². The van der Waals surface area contributed by atoms with Crippen LogP contribution in [0.2, 0.25) is 0 Å². The molecule has 5 nitrogen and oxygen atoms in total. The molecule has 0 spiro atoms. The minimum atomic E-state index is -0.817. The molecule has 4 rings (SSSR count). The van der Waals surface area contributed by atoms with E-state index in [-0.39, 0.29) is 18.2 Å². The average molecular weight is 400 g/mol. The summed E-state index contributed by atoms with van der Waals surface area (Å²) >= 11 is 0. The number of rotatable bonds is 5. The molecule has 1 heterocycles. The van der Waals surface area contributed by atoms with Gasteiger partial charge in [-0.2, -0.15) is 0 Å². The number of amides is 2. The molecule has 0 unspecified atom stereocenters. The van der Waals surface area contributed by atoms with Crippen LogP contribution < -0.4 is 10.0 Å². The van der Waals surface area contributed by atoms with Gasteiger partial charge in [-0.15, -0.1) is 0 Å². The molecule has 3 aromatic carbocycles. The first kappa shape index (κ1) is 21.0. The van der Waals surface area contributed by atoms with Gasteiger partial charge in [-0.05, 0) is 36.2 Å². The van der Waals surface area contributed by atoms with Crippen LogP contribution in [0.3, 0.4) is 0 Å². The summed E-state index contributed by atoms with van der Waals surface area (Å²) in [6.07, 6.45) is 1.05. The summed E-state index contributed by atoms with van der Waals surface area (Å²) < 4.78 is 0. The Morgan fingerprint density at radius 1 is 0.700 bits per heavy atom. The van der Waals surface area contributed by atoms with Crippen LogP contribution in [0.25, 0.3) is 0 Å². The third kappa shape index (κ3) is 4.15. The van der Waals surface area contributed by atoms with Crippen molar-refractivity contribution in [2.75, 3.05) is 10.0 Å². The number of hydrazine groups is 1. The Bertz CT molecular complexity index is 944. The third-order valence-corrected chi connectivity index (χ3v) is 4.77. The summed E-state index contributed by atoms with van der Waals surface area (Å²) in [7, 11) is 0. The van der Waals surface area contributed by atoms with Gasteiger partial charge in [0.05, 0.1) is 11.4 Å². The Kier molecular flexibility index (Phi) is 6.75. The molecule has 1 fully saturated rings. The van der Waals surface area contributed by atoms with E-state index in [9.17, 15) is 14.4 Å². The molecular weight excluding hydrogens is 376 g/mol. The molecule has 2 amide bonds. The summed E-state index contributed by atoms with van der Waals surface area (Å²) in [5, 5.41) is 2.89. The molecular formula is C25H24N2O3. The average Bonchev–Trinajstić information content (AvgIpc) is 3.07. The summed E-state index contributed by atoms with van der Waals surface area (Å²) in [5.74, 6) is -1.35. The fourth-order valence-electron chi connectivity index (χ4n) is 3.36. The van der Waals surface area contributed by atoms with E-state index in [1.165, 1.54) is 10.0 Å². The minimum absolute atomic E-state index is 0.264. The molecule has 0 radical (unpaired) electrons. The van der Waals surface area contributed by atoms with Gasteiger partial charge in [-0.25, -0.2) is 10.0 Å². The first-order valence-corrected chi connectivity index (χ1v) is 10.0. The second-order valence-corrected chi connectivity index (χ2v) is 6.59. The minimum Gasteiger partial charge on any atom is -0.298 e. The van der Waals surface area contributed by atoms with Gasteiger partial charge in [-0.1, -0.05) is 74.5 Å². The van der Waals surface area contributed by atoms with Gasteiger partial charge in [0.15, 0.2) is 0 Å². The molecule has 3 aromatic rings. The molecule has 1 aliphatic heterocycles. The zero-order chi connectivity index (χ0) is 21.5. The number of carbonyl (C=O) groups excluding carboxylic acids is 3. The molecule has 0 saturated carbocycles. The lowest BCUT2D eigenvalue weighted by Gasteiger charge is -2.27. The Hall–Kier alpha value is -3.73. The highest BCUT2D eigenvalue weighted by Gasteiger charge is 2.46. The first-order chi connectivity index (χ1) is 14.7. The molecule has 0 bridgehead atoms. The number of hydrogen-bond donors (Lipinski definition) is 0. The molecule has 152 valence electrons. The predicted molar refractivity (Wildman–Crippen MR) is 118 cm³/mol. The Labute approximate surface area is 176 Å². The maximum absolute atomic E-state index is 13.2. The van der Waals surface area contributed by atoms with Crippen molar-refractivity contribution < 1.29 is 14.4 Å². The fraction of sp³-hybridized carbons (Fsp3) is 0.160. The molecule has 5 heteroatoms. The van der Waals surface area contributed by atoms with Crippen LogP contribution in [0.4, 0.5) is 11.4 Å². The van der Waals surface area contributed by atoms with Gasteiger partial charge in [0.2, 0.25) is 0 Å². The highest BCUT2D eigenvalue weighted by atomic mass is 16.2. The largest absolute Gasteiger partial charge is 0.298 e. The second kappa shape index (κ2) is 9.65. The van der Waals surface area contributed by atoms with Crippen LogP contribution in [0.1, 0.15) is 29.8 Å². The highest BCUT2D eigenvalue weighted by Crippen LogP contribution is 2.33. The van der Waals surface area contributed by atoms with Gasteiger partial charge < -0.3 is 0 Å². The van der Waals surface area contributed by atoms with E-state index in [1.807, 2.05) is 74.5 Å². The van der Waals surface area contributed by atoms with Crippen molar-refractivity contribution in [1.82, 2.24) is 0 Å². The molecule has 30 heavy (non-hydrogen) atoms. The van der Waals surface area contributed by atoms with E-state index in [1.54, 1.807) is 24.3 Å². The number of aldehydes is 1. The predicted octanol–water partition coefficient (Wildman–Crippen LogP) is 4.68. The number of benzene rings is 3. The number of anilines is 2. The lowest BCUT2D eigenvalue weighted by Crippen LogP contribution is -2.41. The van der Waals surface area contributed by atoms with E-state index in [2.05, 4.69) is 0 Å². The van der Waals surface area contributed by atoms with Crippen LogP contribution in [0.15, 0.2) is 84.9 Å². The van der Waals surface area contributed by atoms with E-state index in [0.717, 1.165) is 11.8 Å². The third-order valence-electron chi connectivity index (χ3n) is 4.77. The molecule has 0 atom stereocenters. The number of para-hydroxylation sites is 2. The summed E-state index contributed by atoms with van der Waals surface area (Å²) in [4.78, 5) is 37.3. The number of nitrogens with zero attached hydrogens (tertiary/aromatic N) is 2. The first-order valence-electron chi connectivity index (χ1n) is 10.0. The van der Waals surface area contributed by atoms with Crippen LogP contribution in [0, 0.1) is 5.92 Å². The lowest BCUT2D eigenvalue weighted by molar-refractivity contribution is -0.126. The zero-order valence-corrected chi connectivity index (χ0v) is 17.1. The summed E-state index contributed by atoms with van der Waals surface area (Å²) in [5.41, 5.74) is 2.68. The molecule has 0 N–H and O–H groups in total. The van der Waals surface area contributed by atoms with Crippen LogP contribution >= 0.6 is 0 Å². The van der Waals surface area contributed by atoms with Crippen LogP contribution in [-0.2, 0) is 16.0 Å². The molecule has 1 saturated heterocycles.